The number of hydrogen-bond donors (Lipinski definition) is 1. The van der Waals surface area contributed by atoms with Gasteiger partial charge in [-0.3, -0.25) is 4.79 Å². The third kappa shape index (κ3) is 5.27. The number of carbonyl (C=O) groups is 1. The molecule has 0 spiro atoms. The Morgan fingerprint density at radius 2 is 1.93 bits per heavy atom. The van der Waals surface area contributed by atoms with Gasteiger partial charge in [0, 0.05) is 5.56 Å². The van der Waals surface area contributed by atoms with Gasteiger partial charge in [0.15, 0.2) is 0 Å². The Hall–Kier alpha value is -3.98. The highest BCUT2D eigenvalue weighted by Gasteiger charge is 2.11. The summed E-state index contributed by atoms with van der Waals surface area (Å²) in [4.78, 5) is 12.1. The fraction of sp³-hybridized carbons (Fsp3) is 0.0870. The van der Waals surface area contributed by atoms with E-state index in [9.17, 15) is 9.18 Å². The van der Waals surface area contributed by atoms with Gasteiger partial charge in [-0.05, 0) is 42.8 Å². The number of hydrazone groups is 1. The minimum atomic E-state index is -0.779. The highest BCUT2D eigenvalue weighted by atomic mass is 19.1. The van der Waals surface area contributed by atoms with Crippen molar-refractivity contribution in [2.75, 3.05) is 0 Å². The van der Waals surface area contributed by atoms with E-state index < -0.39 is 11.7 Å². The van der Waals surface area contributed by atoms with Gasteiger partial charge in [0.25, 0.3) is 5.91 Å². The molecule has 0 atom stereocenters. The number of benzene rings is 3. The molecule has 0 aliphatic rings. The van der Waals surface area contributed by atoms with E-state index in [1.807, 2.05) is 49.4 Å². The summed E-state index contributed by atoms with van der Waals surface area (Å²) in [7, 11) is 0. The Bertz CT molecular complexity index is 1090. The summed E-state index contributed by atoms with van der Waals surface area (Å²) in [5.41, 5.74) is 5.11. The first-order chi connectivity index (χ1) is 14.1. The number of aryl methyl sites for hydroxylation is 1. The number of rotatable bonds is 6. The van der Waals surface area contributed by atoms with Crippen LogP contribution in [0.15, 0.2) is 71.8 Å². The molecule has 0 saturated heterocycles. The monoisotopic (exact) mass is 387 g/mol. The lowest BCUT2D eigenvalue weighted by Crippen LogP contribution is -2.19. The summed E-state index contributed by atoms with van der Waals surface area (Å²) >= 11 is 0. The predicted octanol–water partition coefficient (Wildman–Crippen LogP) is 4.35. The minimum absolute atomic E-state index is 0.141. The molecule has 3 aromatic carbocycles. The molecule has 0 aliphatic heterocycles. The van der Waals surface area contributed by atoms with E-state index in [-0.39, 0.29) is 11.1 Å². The lowest BCUT2D eigenvalue weighted by molar-refractivity contribution is 0.0951. The van der Waals surface area contributed by atoms with Crippen molar-refractivity contribution in [3.63, 3.8) is 0 Å². The number of halogens is 1. The van der Waals surface area contributed by atoms with Crippen LogP contribution in [0.1, 0.15) is 32.6 Å². The molecule has 6 heteroatoms. The fourth-order valence-corrected chi connectivity index (χ4v) is 2.55. The molecule has 5 nitrogen and oxygen atoms in total. The second kappa shape index (κ2) is 9.29. The number of nitrogens with zero attached hydrogens (tertiary/aromatic N) is 2. The Balaban J connectivity index is 1.65. The first kappa shape index (κ1) is 19.8. The van der Waals surface area contributed by atoms with Gasteiger partial charge < -0.3 is 4.74 Å². The summed E-state index contributed by atoms with van der Waals surface area (Å²) in [6, 6.07) is 20.7. The van der Waals surface area contributed by atoms with Crippen LogP contribution in [-0.4, -0.2) is 12.1 Å². The summed E-state index contributed by atoms with van der Waals surface area (Å²) in [5, 5.41) is 12.7. The highest BCUT2D eigenvalue weighted by molar-refractivity contribution is 5.95. The lowest BCUT2D eigenvalue weighted by atomic mass is 10.1. The fourth-order valence-electron chi connectivity index (χ4n) is 2.55. The first-order valence-corrected chi connectivity index (χ1v) is 8.87. The quantitative estimate of drug-likeness (QED) is 0.505. The summed E-state index contributed by atoms with van der Waals surface area (Å²) in [5.74, 6) is -0.879. The minimum Gasteiger partial charge on any atom is -0.488 e. The van der Waals surface area contributed by atoms with Gasteiger partial charge >= 0.3 is 0 Å². The van der Waals surface area contributed by atoms with Crippen LogP contribution < -0.4 is 10.2 Å². The van der Waals surface area contributed by atoms with Crippen LogP contribution in [0.25, 0.3) is 0 Å². The molecule has 1 amide bonds. The molecule has 0 bridgehead atoms. The van der Waals surface area contributed by atoms with Gasteiger partial charge in [-0.1, -0.05) is 42.0 Å². The molecule has 3 rings (SSSR count). The number of ether oxygens (including phenoxy) is 1. The number of carbonyl (C=O) groups excluding carboxylic acids is 1. The van der Waals surface area contributed by atoms with Crippen molar-refractivity contribution >= 4 is 12.1 Å². The number of hydrogen-bond acceptors (Lipinski definition) is 4. The largest absolute Gasteiger partial charge is 0.488 e. The molecule has 0 aliphatic carbocycles. The van der Waals surface area contributed by atoms with Crippen molar-refractivity contribution in [1.82, 2.24) is 5.43 Å². The van der Waals surface area contributed by atoms with Crippen LogP contribution >= 0.6 is 0 Å². The third-order valence-corrected chi connectivity index (χ3v) is 4.15. The number of amides is 1. The zero-order chi connectivity index (χ0) is 20.6. The molecule has 0 heterocycles. The van der Waals surface area contributed by atoms with Crippen molar-refractivity contribution in [3.8, 4) is 11.8 Å². The van der Waals surface area contributed by atoms with Gasteiger partial charge in [0.1, 0.15) is 18.2 Å². The maximum atomic E-state index is 13.9. The normalized spacial score (nSPS) is 10.5. The van der Waals surface area contributed by atoms with E-state index >= 15 is 0 Å². The molecule has 29 heavy (non-hydrogen) atoms. The van der Waals surface area contributed by atoms with E-state index in [1.54, 1.807) is 12.1 Å². The zero-order valence-corrected chi connectivity index (χ0v) is 15.7. The molecular formula is C23H18FN3O2. The van der Waals surface area contributed by atoms with E-state index in [4.69, 9.17) is 10.00 Å². The molecule has 0 aromatic heterocycles. The highest BCUT2D eigenvalue weighted by Crippen LogP contribution is 2.18. The summed E-state index contributed by atoms with van der Waals surface area (Å²) in [6.07, 6.45) is 1.43. The SMILES string of the molecule is Cc1ccc(COc2ccccc2/C=N\NC(=O)c2ccc(C#N)cc2F)cc1. The summed E-state index contributed by atoms with van der Waals surface area (Å²) in [6.45, 7) is 2.42. The van der Waals surface area contributed by atoms with Gasteiger partial charge in [-0.2, -0.15) is 10.4 Å². The Morgan fingerprint density at radius 3 is 2.66 bits per heavy atom. The summed E-state index contributed by atoms with van der Waals surface area (Å²) < 4.78 is 19.8. The van der Waals surface area contributed by atoms with Crippen molar-refractivity contribution in [2.24, 2.45) is 5.10 Å². The topological polar surface area (TPSA) is 74.5 Å². The van der Waals surface area contributed by atoms with Gasteiger partial charge in [-0.15, -0.1) is 0 Å². The van der Waals surface area contributed by atoms with Crippen LogP contribution in [0.3, 0.4) is 0 Å². The van der Waals surface area contributed by atoms with Gasteiger partial charge in [0.2, 0.25) is 0 Å². The van der Waals surface area contributed by atoms with Crippen LogP contribution in [-0.2, 0) is 6.61 Å². The Labute approximate surface area is 168 Å². The van der Waals surface area contributed by atoms with Crippen LogP contribution in [0.2, 0.25) is 0 Å². The van der Waals surface area contributed by atoms with E-state index in [2.05, 4.69) is 10.5 Å². The molecule has 144 valence electrons. The molecule has 0 saturated carbocycles. The second-order valence-electron chi connectivity index (χ2n) is 6.32. The molecule has 0 unspecified atom stereocenters. The molecule has 3 aromatic rings. The van der Waals surface area contributed by atoms with E-state index in [0.717, 1.165) is 11.6 Å². The molecule has 1 N–H and O–H groups in total. The van der Waals surface area contributed by atoms with E-state index in [1.165, 1.54) is 23.9 Å². The van der Waals surface area contributed by atoms with Crippen molar-refractivity contribution in [3.05, 3.63) is 100 Å². The lowest BCUT2D eigenvalue weighted by Gasteiger charge is -2.09. The standard InChI is InChI=1S/C23H18FN3O2/c1-16-6-8-17(9-7-16)15-29-22-5-3-2-4-19(22)14-26-27-23(28)20-11-10-18(13-25)12-21(20)24/h2-12,14H,15H2,1H3,(H,27,28)/b26-14-. The van der Waals surface area contributed by atoms with Crippen molar-refractivity contribution < 1.29 is 13.9 Å². The van der Waals surface area contributed by atoms with Crippen molar-refractivity contribution in [1.29, 1.82) is 5.26 Å². The van der Waals surface area contributed by atoms with Gasteiger partial charge in [0.05, 0.1) is 23.4 Å². The van der Waals surface area contributed by atoms with E-state index in [0.29, 0.717) is 17.9 Å². The van der Waals surface area contributed by atoms with Crippen LogP contribution in [0.4, 0.5) is 4.39 Å². The third-order valence-electron chi connectivity index (χ3n) is 4.15. The average molecular weight is 387 g/mol. The zero-order valence-electron chi connectivity index (χ0n) is 15.7. The van der Waals surface area contributed by atoms with Crippen LogP contribution in [0.5, 0.6) is 5.75 Å². The predicted molar refractivity (Wildman–Crippen MR) is 108 cm³/mol. The smallest absolute Gasteiger partial charge is 0.274 e. The Kier molecular flexibility index (Phi) is 6.33. The van der Waals surface area contributed by atoms with Gasteiger partial charge in [-0.25, -0.2) is 9.82 Å². The maximum Gasteiger partial charge on any atom is 0.274 e. The number of nitrogens with one attached hydrogen (secondary N) is 1. The molecular weight excluding hydrogens is 369 g/mol. The number of nitriles is 1. The maximum absolute atomic E-state index is 13.9. The second-order valence-corrected chi connectivity index (χ2v) is 6.32. The molecule has 0 fully saturated rings. The van der Waals surface area contributed by atoms with Crippen molar-refractivity contribution in [2.45, 2.75) is 13.5 Å². The Morgan fingerprint density at radius 1 is 1.17 bits per heavy atom. The number of para-hydroxylation sites is 1. The molecule has 0 radical (unpaired) electrons. The first-order valence-electron chi connectivity index (χ1n) is 8.87. The average Bonchev–Trinajstić information content (AvgIpc) is 2.74. The van der Waals surface area contributed by atoms with Crippen LogP contribution in [0, 0.1) is 24.1 Å².